The molecule has 0 saturated carbocycles. The molecule has 7 nitrogen and oxygen atoms in total. The number of hydrogen-bond donors (Lipinski definition) is 3. The summed E-state index contributed by atoms with van der Waals surface area (Å²) in [6.07, 6.45) is 1.60. The Bertz CT molecular complexity index is 773. The highest BCUT2D eigenvalue weighted by atomic mass is 19.1. The van der Waals surface area contributed by atoms with Crippen LogP contribution in [0.2, 0.25) is 0 Å². The summed E-state index contributed by atoms with van der Waals surface area (Å²) >= 11 is 0. The van der Waals surface area contributed by atoms with Crippen molar-refractivity contribution in [3.05, 3.63) is 48.0 Å². The fraction of sp³-hybridized carbons (Fsp3) is 0.389. The number of carboxylic acid groups (broad SMARTS) is 1. The summed E-state index contributed by atoms with van der Waals surface area (Å²) in [7, 11) is 0. The molecule has 0 amide bonds. The van der Waals surface area contributed by atoms with Crippen molar-refractivity contribution in [1.82, 2.24) is 15.3 Å². The van der Waals surface area contributed by atoms with Crippen LogP contribution in [0.1, 0.15) is 24.9 Å². The van der Waals surface area contributed by atoms with Gasteiger partial charge in [-0.1, -0.05) is 30.3 Å². The monoisotopic (exact) mass is 359 g/mol. The van der Waals surface area contributed by atoms with E-state index in [0.717, 1.165) is 5.56 Å². The van der Waals surface area contributed by atoms with Gasteiger partial charge < -0.3 is 21.1 Å². The van der Waals surface area contributed by atoms with Gasteiger partial charge in [-0.15, -0.1) is 0 Å². The number of nitrogens with two attached hydrogens (primary N) is 1. The van der Waals surface area contributed by atoms with Crippen molar-refractivity contribution in [3.63, 3.8) is 0 Å². The average Bonchev–Trinajstić information content (AvgIpc) is 2.64. The maximum Gasteiger partial charge on any atom is 0.308 e. The number of rotatable bonds is 5. The van der Waals surface area contributed by atoms with Crippen molar-refractivity contribution in [2.45, 2.75) is 25.4 Å². The van der Waals surface area contributed by atoms with Crippen LogP contribution >= 0.6 is 0 Å². The van der Waals surface area contributed by atoms with E-state index in [0.29, 0.717) is 19.5 Å². The lowest BCUT2D eigenvalue weighted by molar-refractivity contribution is -0.143. The number of carbonyl (C=O) groups is 1. The molecule has 1 unspecified atom stereocenters. The van der Waals surface area contributed by atoms with Gasteiger partial charge >= 0.3 is 5.97 Å². The molecule has 0 bridgehead atoms. The van der Waals surface area contributed by atoms with Gasteiger partial charge in [0.25, 0.3) is 0 Å². The number of aliphatic carboxylic acids is 1. The third-order valence-electron chi connectivity index (χ3n) is 4.79. The number of halogens is 1. The van der Waals surface area contributed by atoms with Crippen molar-refractivity contribution in [3.8, 4) is 0 Å². The number of anilines is 2. The standard InChI is InChI=1S/C18H22FN5O2/c1-11(12-5-3-2-4-6-12)23-14-9-24(8-7-13(14)18(25)26)17-15(19)16(20)21-10-22-17/h2-6,10-11,13-14,23H,7-9H2,1H3,(H,25,26)(H2,20,21,22)/t11-,13?,14-/m0/s1. The third-order valence-corrected chi connectivity index (χ3v) is 4.79. The zero-order chi connectivity index (χ0) is 18.7. The Hall–Kier alpha value is -2.74. The van der Waals surface area contributed by atoms with Gasteiger partial charge in [-0.2, -0.15) is 4.39 Å². The first-order valence-electron chi connectivity index (χ1n) is 8.52. The largest absolute Gasteiger partial charge is 0.481 e. The molecule has 2 aromatic rings. The minimum atomic E-state index is -0.856. The van der Waals surface area contributed by atoms with Gasteiger partial charge in [-0.05, 0) is 18.9 Å². The number of benzene rings is 1. The molecular weight excluding hydrogens is 337 g/mol. The molecule has 1 saturated heterocycles. The van der Waals surface area contributed by atoms with Crippen molar-refractivity contribution in [2.24, 2.45) is 5.92 Å². The third kappa shape index (κ3) is 3.75. The Labute approximate surface area is 151 Å². The van der Waals surface area contributed by atoms with Gasteiger partial charge in [0, 0.05) is 25.2 Å². The zero-order valence-corrected chi connectivity index (χ0v) is 14.5. The van der Waals surface area contributed by atoms with E-state index in [1.54, 1.807) is 4.90 Å². The number of carboxylic acids is 1. The Balaban J connectivity index is 1.80. The summed E-state index contributed by atoms with van der Waals surface area (Å²) in [4.78, 5) is 21.0. The first-order chi connectivity index (χ1) is 12.5. The van der Waals surface area contributed by atoms with Crippen molar-refractivity contribution < 1.29 is 14.3 Å². The highest BCUT2D eigenvalue weighted by molar-refractivity contribution is 5.71. The van der Waals surface area contributed by atoms with E-state index in [1.807, 2.05) is 37.3 Å². The predicted molar refractivity (Wildman–Crippen MR) is 96.1 cm³/mol. The van der Waals surface area contributed by atoms with Crippen LogP contribution in [0.25, 0.3) is 0 Å². The molecule has 138 valence electrons. The second kappa shape index (κ2) is 7.65. The molecule has 0 aliphatic carbocycles. The normalized spacial score (nSPS) is 21.4. The summed E-state index contributed by atoms with van der Waals surface area (Å²) in [5.74, 6) is -2.18. The maximum absolute atomic E-state index is 14.3. The Kier molecular flexibility index (Phi) is 5.32. The van der Waals surface area contributed by atoms with E-state index in [2.05, 4.69) is 15.3 Å². The first kappa shape index (κ1) is 18.1. The highest BCUT2D eigenvalue weighted by Gasteiger charge is 2.36. The van der Waals surface area contributed by atoms with Crippen LogP contribution in [0.15, 0.2) is 36.7 Å². The summed E-state index contributed by atoms with van der Waals surface area (Å²) in [6, 6.07) is 9.39. The summed E-state index contributed by atoms with van der Waals surface area (Å²) in [5, 5.41) is 13.0. The molecule has 1 aliphatic heterocycles. The molecule has 1 fully saturated rings. The minimum Gasteiger partial charge on any atom is -0.481 e. The zero-order valence-electron chi connectivity index (χ0n) is 14.5. The maximum atomic E-state index is 14.3. The average molecular weight is 359 g/mol. The molecular formula is C18H22FN5O2. The summed E-state index contributed by atoms with van der Waals surface area (Å²) in [6.45, 7) is 2.69. The van der Waals surface area contributed by atoms with E-state index < -0.39 is 17.7 Å². The van der Waals surface area contributed by atoms with Crippen LogP contribution in [0, 0.1) is 11.7 Å². The summed E-state index contributed by atoms with van der Waals surface area (Å²) in [5.41, 5.74) is 6.59. The van der Waals surface area contributed by atoms with E-state index in [4.69, 9.17) is 5.73 Å². The second-order valence-corrected chi connectivity index (χ2v) is 6.48. The molecule has 3 rings (SSSR count). The number of nitrogens with one attached hydrogen (secondary N) is 1. The van der Waals surface area contributed by atoms with Gasteiger partial charge in [-0.3, -0.25) is 4.79 Å². The molecule has 26 heavy (non-hydrogen) atoms. The Morgan fingerprint density at radius 2 is 2.12 bits per heavy atom. The minimum absolute atomic E-state index is 0.0386. The summed E-state index contributed by atoms with van der Waals surface area (Å²) < 4.78 is 14.3. The molecule has 2 heterocycles. The highest BCUT2D eigenvalue weighted by Crippen LogP contribution is 2.27. The van der Waals surface area contributed by atoms with Crippen LogP contribution in [-0.4, -0.2) is 40.2 Å². The van der Waals surface area contributed by atoms with Crippen LogP contribution in [0.4, 0.5) is 16.0 Å². The second-order valence-electron chi connectivity index (χ2n) is 6.48. The van der Waals surface area contributed by atoms with Gasteiger partial charge in [0.05, 0.1) is 5.92 Å². The molecule has 1 aromatic carbocycles. The quantitative estimate of drug-likeness (QED) is 0.748. The Morgan fingerprint density at radius 3 is 2.81 bits per heavy atom. The lowest BCUT2D eigenvalue weighted by Gasteiger charge is -2.39. The smallest absolute Gasteiger partial charge is 0.308 e. The van der Waals surface area contributed by atoms with Gasteiger partial charge in [0.15, 0.2) is 11.6 Å². The van der Waals surface area contributed by atoms with E-state index in [1.165, 1.54) is 6.33 Å². The van der Waals surface area contributed by atoms with Crippen LogP contribution in [0.3, 0.4) is 0 Å². The fourth-order valence-electron chi connectivity index (χ4n) is 3.36. The first-order valence-corrected chi connectivity index (χ1v) is 8.52. The number of nitrogens with zero attached hydrogens (tertiary/aromatic N) is 3. The van der Waals surface area contributed by atoms with Crippen molar-refractivity contribution >= 4 is 17.6 Å². The lowest BCUT2D eigenvalue weighted by Crippen LogP contribution is -2.54. The van der Waals surface area contributed by atoms with E-state index >= 15 is 0 Å². The van der Waals surface area contributed by atoms with Gasteiger partial charge in [-0.25, -0.2) is 9.97 Å². The van der Waals surface area contributed by atoms with Crippen LogP contribution in [0.5, 0.6) is 0 Å². The van der Waals surface area contributed by atoms with Gasteiger partial charge in [0.1, 0.15) is 6.33 Å². The van der Waals surface area contributed by atoms with E-state index in [-0.39, 0.29) is 23.7 Å². The molecule has 3 atom stereocenters. The van der Waals surface area contributed by atoms with Crippen LogP contribution < -0.4 is 16.0 Å². The predicted octanol–water partition coefficient (Wildman–Crippen LogP) is 1.83. The number of hydrogen-bond acceptors (Lipinski definition) is 6. The molecule has 1 aromatic heterocycles. The topological polar surface area (TPSA) is 104 Å². The number of aromatic nitrogens is 2. The van der Waals surface area contributed by atoms with Crippen LogP contribution in [-0.2, 0) is 4.79 Å². The molecule has 0 spiro atoms. The number of nitrogen functional groups attached to an aromatic ring is 1. The molecule has 4 N–H and O–H groups in total. The molecule has 1 aliphatic rings. The molecule has 0 radical (unpaired) electrons. The lowest BCUT2D eigenvalue weighted by atomic mass is 9.90. The SMILES string of the molecule is C[C@H](N[C@H]1CN(c2ncnc(N)c2F)CCC1C(=O)O)c1ccccc1. The van der Waals surface area contributed by atoms with Gasteiger partial charge in [0.2, 0.25) is 5.82 Å². The fourth-order valence-corrected chi connectivity index (χ4v) is 3.36. The van der Waals surface area contributed by atoms with E-state index in [9.17, 15) is 14.3 Å². The van der Waals surface area contributed by atoms with Crippen molar-refractivity contribution in [1.29, 1.82) is 0 Å². The van der Waals surface area contributed by atoms with Crippen molar-refractivity contribution in [2.75, 3.05) is 23.7 Å². The molecule has 8 heteroatoms. The Morgan fingerprint density at radius 1 is 1.38 bits per heavy atom. The number of piperidine rings is 1.